The number of hydrogen-bond acceptors (Lipinski definition) is 5. The molecule has 0 saturated carbocycles. The van der Waals surface area contributed by atoms with Crippen LogP contribution in [0.25, 0.3) is 0 Å². The monoisotopic (exact) mass is 585 g/mol. The third-order valence-electron chi connectivity index (χ3n) is 7.58. The van der Waals surface area contributed by atoms with Crippen molar-refractivity contribution < 1.29 is 18.0 Å². The summed E-state index contributed by atoms with van der Waals surface area (Å²) in [6.45, 7) is 1.99. The highest BCUT2D eigenvalue weighted by Gasteiger charge is 2.48. The molecule has 2 aliphatic rings. The first-order chi connectivity index (χ1) is 19.3. The lowest BCUT2D eigenvalue weighted by molar-refractivity contribution is -0.173. The molecule has 1 fully saturated rings. The molecule has 0 bridgehead atoms. The number of nitrogens with one attached hydrogen (secondary N) is 1. The number of thiophene rings is 1. The highest BCUT2D eigenvalue weighted by atomic mass is 35.5. The Balaban J connectivity index is 1.23. The van der Waals surface area contributed by atoms with Gasteiger partial charge in [-0.15, -0.1) is 11.3 Å². The van der Waals surface area contributed by atoms with Crippen molar-refractivity contribution in [2.24, 2.45) is 0 Å². The quantitative estimate of drug-likeness (QED) is 0.280. The number of rotatable bonds is 5. The van der Waals surface area contributed by atoms with E-state index < -0.39 is 24.2 Å². The van der Waals surface area contributed by atoms with Crippen molar-refractivity contribution in [3.63, 3.8) is 0 Å². The summed E-state index contributed by atoms with van der Waals surface area (Å²) in [5, 5.41) is 8.99. The Labute approximate surface area is 239 Å². The number of nitrogens with zero attached hydrogens (tertiary/aromatic N) is 4. The molecule has 4 aromatic rings. The molecular weight excluding hydrogens is 559 g/mol. The number of hydrogen-bond donors (Lipinski definition) is 1. The minimum atomic E-state index is -4.54. The van der Waals surface area contributed by atoms with E-state index in [9.17, 15) is 18.0 Å². The van der Waals surface area contributed by atoms with Gasteiger partial charge in [0.05, 0.1) is 12.1 Å². The molecule has 0 radical (unpaired) electrons. The molecule has 2 aromatic heterocycles. The Morgan fingerprint density at radius 2 is 1.57 bits per heavy atom. The standard InChI is InChI=1S/C29H27ClF3N5OS/c30-24-25(35-38-23(29(31,32)33)18-21(34-27(24)38)22-12-7-17-40-22)28(39)37-15-13-36(14-16-37)26(19-8-3-1-4-9-19)20-10-5-2-6-11-20/h1-12,17,21,23,26,34H,13-16,18H2/t21-,23-/m0/s1. The van der Waals surface area contributed by atoms with Crippen molar-refractivity contribution in [1.82, 2.24) is 19.6 Å². The van der Waals surface area contributed by atoms with Crippen LogP contribution in [0.3, 0.4) is 0 Å². The van der Waals surface area contributed by atoms with E-state index in [1.165, 1.54) is 11.3 Å². The number of carbonyl (C=O) groups excluding carboxylic acids is 1. The molecule has 1 N–H and O–H groups in total. The molecule has 2 aliphatic heterocycles. The molecule has 0 spiro atoms. The molecule has 2 aromatic carbocycles. The second-order valence-corrected chi connectivity index (χ2v) is 11.4. The number of piperazine rings is 1. The van der Waals surface area contributed by atoms with E-state index in [1.807, 2.05) is 41.8 Å². The Bertz CT molecular complexity index is 1410. The summed E-state index contributed by atoms with van der Waals surface area (Å²) in [5.41, 5.74) is 2.16. The van der Waals surface area contributed by atoms with Gasteiger partial charge in [-0.2, -0.15) is 18.3 Å². The second-order valence-electron chi connectivity index (χ2n) is 10.0. The van der Waals surface area contributed by atoms with E-state index in [1.54, 1.807) is 17.0 Å². The van der Waals surface area contributed by atoms with Crippen LogP contribution >= 0.6 is 22.9 Å². The minimum absolute atomic E-state index is 0.0223. The van der Waals surface area contributed by atoms with E-state index in [-0.39, 0.29) is 29.0 Å². The lowest BCUT2D eigenvalue weighted by atomic mass is 9.96. The molecule has 1 amide bonds. The molecule has 40 heavy (non-hydrogen) atoms. The van der Waals surface area contributed by atoms with Crippen LogP contribution in [0.5, 0.6) is 0 Å². The van der Waals surface area contributed by atoms with Crippen molar-refractivity contribution in [2.45, 2.75) is 30.7 Å². The van der Waals surface area contributed by atoms with Gasteiger partial charge in [-0.25, -0.2) is 4.68 Å². The zero-order chi connectivity index (χ0) is 27.9. The number of anilines is 1. The van der Waals surface area contributed by atoms with Crippen LogP contribution in [0.1, 0.15) is 51.0 Å². The van der Waals surface area contributed by atoms with Gasteiger partial charge >= 0.3 is 6.18 Å². The smallest absolute Gasteiger partial charge is 0.361 e. The number of halogens is 4. The van der Waals surface area contributed by atoms with Crippen LogP contribution < -0.4 is 5.32 Å². The van der Waals surface area contributed by atoms with Crippen LogP contribution in [0.15, 0.2) is 78.2 Å². The third kappa shape index (κ3) is 5.11. The fourth-order valence-corrected chi connectivity index (χ4v) is 6.67. The molecular formula is C29H27ClF3N5OS. The first-order valence-corrected chi connectivity index (χ1v) is 14.3. The average Bonchev–Trinajstić information content (AvgIpc) is 3.62. The Hall–Kier alpha value is -3.34. The summed E-state index contributed by atoms with van der Waals surface area (Å²) in [4.78, 5) is 18.3. The van der Waals surface area contributed by atoms with Gasteiger partial charge in [-0.1, -0.05) is 78.3 Å². The van der Waals surface area contributed by atoms with E-state index >= 15 is 0 Å². The largest absolute Gasteiger partial charge is 0.410 e. The van der Waals surface area contributed by atoms with Crippen LogP contribution in [-0.4, -0.2) is 57.8 Å². The summed E-state index contributed by atoms with van der Waals surface area (Å²) in [5.74, 6) is -0.429. The van der Waals surface area contributed by atoms with Gasteiger partial charge in [0, 0.05) is 37.5 Å². The maximum absolute atomic E-state index is 14.1. The third-order valence-corrected chi connectivity index (χ3v) is 8.93. The second kappa shape index (κ2) is 10.9. The van der Waals surface area contributed by atoms with Gasteiger partial charge < -0.3 is 10.2 Å². The van der Waals surface area contributed by atoms with Crippen molar-refractivity contribution in [3.05, 3.63) is 105 Å². The van der Waals surface area contributed by atoms with Crippen LogP contribution in [-0.2, 0) is 0 Å². The number of benzene rings is 2. The zero-order valence-electron chi connectivity index (χ0n) is 21.4. The minimum Gasteiger partial charge on any atom is -0.361 e. The summed E-state index contributed by atoms with van der Waals surface area (Å²) in [6, 6.07) is 21.5. The van der Waals surface area contributed by atoms with E-state index in [2.05, 4.69) is 39.6 Å². The molecule has 208 valence electrons. The number of fused-ring (bicyclic) bond motifs is 1. The molecule has 11 heteroatoms. The molecule has 2 atom stereocenters. The number of aromatic nitrogens is 2. The number of amides is 1. The number of alkyl halides is 3. The van der Waals surface area contributed by atoms with Gasteiger partial charge in [0.15, 0.2) is 11.7 Å². The Kier molecular flexibility index (Phi) is 7.33. The van der Waals surface area contributed by atoms with Gasteiger partial charge in [-0.3, -0.25) is 9.69 Å². The fourth-order valence-electron chi connectivity index (χ4n) is 5.62. The summed E-state index contributed by atoms with van der Waals surface area (Å²) in [6.07, 6.45) is -4.78. The van der Waals surface area contributed by atoms with E-state index in [4.69, 9.17) is 11.6 Å². The highest BCUT2D eigenvalue weighted by molar-refractivity contribution is 7.10. The zero-order valence-corrected chi connectivity index (χ0v) is 23.0. The normalized spacial score (nSPS) is 19.9. The lowest BCUT2D eigenvalue weighted by Crippen LogP contribution is -2.50. The predicted molar refractivity (Wildman–Crippen MR) is 150 cm³/mol. The molecule has 6 rings (SSSR count). The molecule has 6 nitrogen and oxygen atoms in total. The van der Waals surface area contributed by atoms with Crippen molar-refractivity contribution >= 4 is 34.7 Å². The lowest BCUT2D eigenvalue weighted by Gasteiger charge is -2.39. The number of carbonyl (C=O) groups is 1. The van der Waals surface area contributed by atoms with Crippen LogP contribution in [0, 0.1) is 0 Å². The molecule has 0 aliphatic carbocycles. The van der Waals surface area contributed by atoms with Gasteiger partial charge in [0.2, 0.25) is 0 Å². The topological polar surface area (TPSA) is 53.4 Å². The van der Waals surface area contributed by atoms with E-state index in [0.29, 0.717) is 26.2 Å². The summed E-state index contributed by atoms with van der Waals surface area (Å²) < 4.78 is 43.1. The summed E-state index contributed by atoms with van der Waals surface area (Å²) in [7, 11) is 0. The predicted octanol–water partition coefficient (Wildman–Crippen LogP) is 6.81. The average molecular weight is 586 g/mol. The first kappa shape index (κ1) is 26.9. The first-order valence-electron chi connectivity index (χ1n) is 13.1. The highest BCUT2D eigenvalue weighted by Crippen LogP contribution is 2.47. The Morgan fingerprint density at radius 1 is 0.950 bits per heavy atom. The van der Waals surface area contributed by atoms with Crippen LogP contribution in [0.4, 0.5) is 19.0 Å². The van der Waals surface area contributed by atoms with Gasteiger partial charge in [-0.05, 0) is 22.6 Å². The van der Waals surface area contributed by atoms with E-state index in [0.717, 1.165) is 20.7 Å². The maximum atomic E-state index is 14.1. The van der Waals surface area contributed by atoms with Gasteiger partial charge in [0.1, 0.15) is 10.8 Å². The molecule has 1 saturated heterocycles. The SMILES string of the molecule is O=C(c1nn2c(c1Cl)N[C@H](c1cccs1)C[C@H]2C(F)(F)F)N1CCN(C(c2ccccc2)c2ccccc2)CC1. The van der Waals surface area contributed by atoms with Gasteiger partial charge in [0.25, 0.3) is 5.91 Å². The maximum Gasteiger partial charge on any atom is 0.410 e. The summed E-state index contributed by atoms with van der Waals surface area (Å²) >= 11 is 7.95. The molecule has 4 heterocycles. The van der Waals surface area contributed by atoms with Crippen molar-refractivity contribution in [1.29, 1.82) is 0 Å². The Morgan fingerprint density at radius 3 is 2.12 bits per heavy atom. The van der Waals surface area contributed by atoms with Crippen molar-refractivity contribution in [2.75, 3.05) is 31.5 Å². The van der Waals surface area contributed by atoms with Crippen molar-refractivity contribution in [3.8, 4) is 0 Å². The molecule has 0 unspecified atom stereocenters. The fraction of sp³-hybridized carbons (Fsp3) is 0.310. The van der Waals surface area contributed by atoms with Crippen LogP contribution in [0.2, 0.25) is 5.02 Å².